The minimum atomic E-state index is -1.04. The van der Waals surface area contributed by atoms with Crippen LogP contribution in [0.25, 0.3) is 0 Å². The molecule has 0 spiro atoms. The maximum absolute atomic E-state index is 5.61. The fourth-order valence-electron chi connectivity index (χ4n) is 0.819. The average molecular weight is 234 g/mol. The van der Waals surface area contributed by atoms with Gasteiger partial charge in [0.1, 0.15) is 0 Å². The van der Waals surface area contributed by atoms with Crippen LogP contribution in [-0.4, -0.2) is 11.9 Å². The van der Waals surface area contributed by atoms with E-state index in [9.17, 15) is 0 Å². The van der Waals surface area contributed by atoms with Crippen LogP contribution in [-0.2, 0) is 0 Å². The van der Waals surface area contributed by atoms with Gasteiger partial charge in [-0.1, -0.05) is 66.9 Å². The Kier molecular flexibility index (Phi) is 4.79. The van der Waals surface area contributed by atoms with Crippen molar-refractivity contribution in [3.63, 3.8) is 0 Å². The summed E-state index contributed by atoms with van der Waals surface area (Å²) in [4.78, 5) is 0. The highest BCUT2D eigenvalue weighted by Gasteiger charge is 2.21. The molecule has 0 saturated carbocycles. The number of alkyl halides is 3. The Morgan fingerprint density at radius 2 is 1.55 bits per heavy atom. The summed E-state index contributed by atoms with van der Waals surface area (Å²) in [5.41, 5.74) is 0. The predicted octanol–water partition coefficient (Wildman–Crippen LogP) is 4.48. The highest BCUT2D eigenvalue weighted by Crippen LogP contribution is 2.32. The summed E-state index contributed by atoms with van der Waals surface area (Å²) in [5.74, 6) is 0. The SMILES string of the molecule is C[Si](C)(C)CCCC(Cl)(Cl)Cl. The molecule has 0 saturated heterocycles. The molecular weight excluding hydrogens is 219 g/mol. The van der Waals surface area contributed by atoms with Gasteiger partial charge in [0.05, 0.1) is 0 Å². The van der Waals surface area contributed by atoms with Crippen molar-refractivity contribution in [3.8, 4) is 0 Å². The van der Waals surface area contributed by atoms with E-state index >= 15 is 0 Å². The van der Waals surface area contributed by atoms with E-state index in [0.29, 0.717) is 6.42 Å². The average Bonchev–Trinajstić information content (AvgIpc) is 1.55. The Labute approximate surface area is 85.2 Å². The van der Waals surface area contributed by atoms with Gasteiger partial charge in [-0.05, 0) is 6.42 Å². The van der Waals surface area contributed by atoms with Gasteiger partial charge in [0.15, 0.2) is 3.79 Å². The number of hydrogen-bond acceptors (Lipinski definition) is 0. The van der Waals surface area contributed by atoms with Crippen molar-refractivity contribution in [1.29, 1.82) is 0 Å². The molecule has 0 heterocycles. The van der Waals surface area contributed by atoms with Crippen LogP contribution >= 0.6 is 34.8 Å². The van der Waals surface area contributed by atoms with Crippen LogP contribution < -0.4 is 0 Å². The Hall–Kier alpha value is 1.09. The van der Waals surface area contributed by atoms with Crippen LogP contribution in [0.15, 0.2) is 0 Å². The third-order valence-electron chi connectivity index (χ3n) is 1.39. The van der Waals surface area contributed by atoms with Gasteiger partial charge in [0, 0.05) is 8.07 Å². The van der Waals surface area contributed by atoms with Crippen LogP contribution in [0.4, 0.5) is 0 Å². The van der Waals surface area contributed by atoms with Crippen molar-refractivity contribution in [1.82, 2.24) is 0 Å². The highest BCUT2D eigenvalue weighted by molar-refractivity contribution is 6.76. The molecule has 0 N–H and O–H groups in total. The molecule has 0 unspecified atom stereocenters. The minimum absolute atomic E-state index is 0.682. The monoisotopic (exact) mass is 232 g/mol. The largest absolute Gasteiger partial charge is 0.190 e. The van der Waals surface area contributed by atoms with Gasteiger partial charge in [-0.25, -0.2) is 0 Å². The second kappa shape index (κ2) is 4.36. The molecule has 68 valence electrons. The summed E-state index contributed by atoms with van der Waals surface area (Å²) in [6.07, 6.45) is 1.72. The van der Waals surface area contributed by atoms with E-state index in [4.69, 9.17) is 34.8 Å². The molecule has 0 aromatic carbocycles. The van der Waals surface area contributed by atoms with E-state index in [2.05, 4.69) is 19.6 Å². The number of rotatable bonds is 3. The van der Waals surface area contributed by atoms with Gasteiger partial charge >= 0.3 is 0 Å². The lowest BCUT2D eigenvalue weighted by Gasteiger charge is -2.17. The van der Waals surface area contributed by atoms with E-state index in [1.165, 1.54) is 6.04 Å². The zero-order valence-corrected chi connectivity index (χ0v) is 10.5. The fraction of sp³-hybridized carbons (Fsp3) is 1.00. The maximum Gasteiger partial charge on any atom is 0.190 e. The second-order valence-electron chi connectivity index (χ2n) is 4.03. The molecule has 0 radical (unpaired) electrons. The van der Waals surface area contributed by atoms with Crippen molar-refractivity contribution in [2.24, 2.45) is 0 Å². The topological polar surface area (TPSA) is 0 Å². The molecule has 0 aromatic rings. The first-order valence-corrected chi connectivity index (χ1v) is 8.62. The molecule has 0 fully saturated rings. The highest BCUT2D eigenvalue weighted by atomic mass is 35.6. The van der Waals surface area contributed by atoms with Gasteiger partial charge < -0.3 is 0 Å². The van der Waals surface area contributed by atoms with Gasteiger partial charge in [-0.3, -0.25) is 0 Å². The first-order valence-electron chi connectivity index (χ1n) is 3.77. The summed E-state index contributed by atoms with van der Waals surface area (Å²) in [6, 6.07) is 1.24. The Bertz CT molecular complexity index is 97.8. The standard InChI is InChI=1S/C7H15Cl3Si/c1-11(2,3)6-4-5-7(8,9)10/h4-6H2,1-3H3. The normalized spacial score (nSPS) is 13.6. The second-order valence-corrected chi connectivity index (χ2v) is 12.2. The Morgan fingerprint density at radius 3 is 1.82 bits per heavy atom. The predicted molar refractivity (Wildman–Crippen MR) is 57.7 cm³/mol. The lowest BCUT2D eigenvalue weighted by molar-refractivity contribution is 0.810. The molecule has 0 atom stereocenters. The lowest BCUT2D eigenvalue weighted by Crippen LogP contribution is -2.19. The van der Waals surface area contributed by atoms with Crippen molar-refractivity contribution in [3.05, 3.63) is 0 Å². The van der Waals surface area contributed by atoms with Gasteiger partial charge in [-0.15, -0.1) is 0 Å². The molecule has 0 aliphatic carbocycles. The summed E-state index contributed by atoms with van der Waals surface area (Å²) in [6.45, 7) is 6.97. The molecule has 0 rings (SSSR count). The number of halogens is 3. The summed E-state index contributed by atoms with van der Waals surface area (Å²) < 4.78 is -1.04. The van der Waals surface area contributed by atoms with E-state index < -0.39 is 11.9 Å². The van der Waals surface area contributed by atoms with Gasteiger partial charge in [0.25, 0.3) is 0 Å². The third-order valence-corrected chi connectivity index (χ3v) is 3.81. The molecule has 0 amide bonds. The van der Waals surface area contributed by atoms with E-state index in [0.717, 1.165) is 6.42 Å². The lowest BCUT2D eigenvalue weighted by atomic mass is 10.4. The fourth-order valence-corrected chi connectivity index (χ4v) is 2.46. The zero-order chi connectivity index (χ0) is 9.12. The van der Waals surface area contributed by atoms with Crippen molar-refractivity contribution >= 4 is 42.9 Å². The van der Waals surface area contributed by atoms with Crippen LogP contribution in [0.2, 0.25) is 25.7 Å². The van der Waals surface area contributed by atoms with Crippen LogP contribution in [0, 0.1) is 0 Å². The molecule has 11 heavy (non-hydrogen) atoms. The van der Waals surface area contributed by atoms with Crippen LogP contribution in [0.5, 0.6) is 0 Å². The van der Waals surface area contributed by atoms with Crippen LogP contribution in [0.3, 0.4) is 0 Å². The van der Waals surface area contributed by atoms with Crippen LogP contribution in [0.1, 0.15) is 12.8 Å². The molecule has 0 bridgehead atoms. The Balaban J connectivity index is 3.44. The summed E-state index contributed by atoms with van der Waals surface area (Å²) >= 11 is 16.8. The van der Waals surface area contributed by atoms with E-state index in [1.807, 2.05) is 0 Å². The number of hydrogen-bond donors (Lipinski definition) is 0. The van der Waals surface area contributed by atoms with Gasteiger partial charge in [0.2, 0.25) is 0 Å². The molecule has 0 nitrogen and oxygen atoms in total. The first kappa shape index (κ1) is 12.1. The Morgan fingerprint density at radius 1 is 1.09 bits per heavy atom. The first-order chi connectivity index (χ1) is 4.71. The van der Waals surface area contributed by atoms with Crippen molar-refractivity contribution in [2.45, 2.75) is 42.3 Å². The third kappa shape index (κ3) is 11.1. The summed E-state index contributed by atoms with van der Waals surface area (Å²) in [7, 11) is -0.933. The molecular formula is C7H15Cl3Si. The quantitative estimate of drug-likeness (QED) is 0.498. The van der Waals surface area contributed by atoms with Crippen molar-refractivity contribution in [2.75, 3.05) is 0 Å². The smallest absolute Gasteiger partial charge is 0.0837 e. The summed E-state index contributed by atoms with van der Waals surface area (Å²) in [5, 5.41) is 0. The maximum atomic E-state index is 5.61. The molecule has 0 aliphatic heterocycles. The zero-order valence-electron chi connectivity index (χ0n) is 7.26. The molecule has 0 aliphatic rings. The van der Waals surface area contributed by atoms with E-state index in [1.54, 1.807) is 0 Å². The molecule has 0 aromatic heterocycles. The molecule has 4 heteroatoms. The van der Waals surface area contributed by atoms with Crippen molar-refractivity contribution < 1.29 is 0 Å². The minimum Gasteiger partial charge on any atom is -0.0837 e. The van der Waals surface area contributed by atoms with E-state index in [-0.39, 0.29) is 0 Å². The van der Waals surface area contributed by atoms with Gasteiger partial charge in [-0.2, -0.15) is 0 Å².